The van der Waals surface area contributed by atoms with Crippen LogP contribution in [-0.2, 0) is 10.2 Å². The number of hydrogen-bond donors (Lipinski definition) is 2. The average Bonchev–Trinajstić information content (AvgIpc) is 2.53. The summed E-state index contributed by atoms with van der Waals surface area (Å²) < 4.78 is 22.4. The van der Waals surface area contributed by atoms with Crippen molar-refractivity contribution in [2.75, 3.05) is 5.32 Å². The first-order valence-corrected chi connectivity index (χ1v) is 9.61. The van der Waals surface area contributed by atoms with Gasteiger partial charge in [-0.25, -0.2) is 4.79 Å². The predicted molar refractivity (Wildman–Crippen MR) is 86.8 cm³/mol. The van der Waals surface area contributed by atoms with Gasteiger partial charge in [-0.1, -0.05) is 29.8 Å². The van der Waals surface area contributed by atoms with Crippen LogP contribution in [0.2, 0.25) is 5.02 Å². The summed E-state index contributed by atoms with van der Waals surface area (Å²) in [6.07, 6.45) is 0. The van der Waals surface area contributed by atoms with Crippen LogP contribution >= 0.6 is 11.6 Å². The molecule has 2 N–H and O–H groups in total. The quantitative estimate of drug-likeness (QED) is 0.668. The van der Waals surface area contributed by atoms with Crippen LogP contribution in [0.5, 0.6) is 0 Å². The molecular weight excluding hydrogens is 447 g/mol. The fourth-order valence-electron chi connectivity index (χ4n) is 1.68. The zero-order valence-electron chi connectivity index (χ0n) is 11.9. The van der Waals surface area contributed by atoms with E-state index >= 15 is 0 Å². The van der Waals surface area contributed by atoms with Crippen molar-refractivity contribution < 1.29 is 20.1 Å². The van der Waals surface area contributed by atoms with Crippen molar-refractivity contribution in [1.82, 2.24) is 0 Å². The van der Waals surface area contributed by atoms with E-state index < -0.39 is 38.0 Å². The van der Waals surface area contributed by atoms with Crippen molar-refractivity contribution >= 4 is 61.0 Å². The monoisotopic (exact) mass is 459 g/mol. The van der Waals surface area contributed by atoms with Gasteiger partial charge in [0, 0.05) is 10.7 Å². The van der Waals surface area contributed by atoms with Gasteiger partial charge in [-0.15, -0.1) is 0 Å². The van der Waals surface area contributed by atoms with E-state index in [2.05, 4.69) is 8.03 Å². The van der Waals surface area contributed by atoms with E-state index in [0.717, 1.165) is 11.3 Å². The minimum absolute atomic E-state index is 0.233. The second-order valence-corrected chi connectivity index (χ2v) is 7.27. The fraction of sp³-hybridized carbons (Fsp3) is 0.0714. The van der Waals surface area contributed by atoms with E-state index in [9.17, 15) is 12.3 Å². The number of anilines is 2. The Morgan fingerprint density at radius 3 is 2.26 bits per heavy atom. The molecular formula is C14H12As2ClNO5. The van der Waals surface area contributed by atoms with Crippen molar-refractivity contribution in [1.29, 1.82) is 0 Å². The van der Waals surface area contributed by atoms with Crippen LogP contribution < -0.4 is 5.32 Å². The van der Waals surface area contributed by atoms with Crippen molar-refractivity contribution in [3.63, 3.8) is 0 Å². The van der Waals surface area contributed by atoms with Gasteiger partial charge in [0.05, 0.1) is 11.3 Å². The average molecular weight is 460 g/mol. The third kappa shape index (κ3) is 6.36. The first-order chi connectivity index (χ1) is 11.0. The van der Waals surface area contributed by atoms with Crippen molar-refractivity contribution in [3.8, 4) is 0 Å². The van der Waals surface area contributed by atoms with Crippen LogP contribution in [0.25, 0.3) is 0 Å². The summed E-state index contributed by atoms with van der Waals surface area (Å²) in [5.41, 5.74) is 2.47. The van der Waals surface area contributed by atoms with Gasteiger partial charge in [0.15, 0.2) is 0 Å². The molecule has 0 aliphatic rings. The number of carboxylic acid groups (broad SMARTS) is 1. The Hall–Kier alpha value is -1.32. The van der Waals surface area contributed by atoms with Gasteiger partial charge < -0.3 is 10.4 Å². The molecule has 0 aliphatic heterocycles. The molecule has 2 aromatic carbocycles. The summed E-state index contributed by atoms with van der Waals surface area (Å²) in [6.45, 7) is 1.88. The standard InChI is InChI=1S/C14H12ClNO2.As2O3/c1-9-11(15)6-4-8-12(9)16-13-7-3-2-5-10(13)14(17)18;3-1-5-2-4/h2-8,16H,1H3,(H,17,18);. The van der Waals surface area contributed by atoms with Gasteiger partial charge in [0.2, 0.25) is 0 Å². The number of para-hydroxylation sites is 1. The van der Waals surface area contributed by atoms with Gasteiger partial charge in [0.1, 0.15) is 0 Å². The molecule has 23 heavy (non-hydrogen) atoms. The number of nitrogens with one attached hydrogen (secondary N) is 1. The van der Waals surface area contributed by atoms with E-state index in [1.165, 1.54) is 0 Å². The molecule has 0 aromatic heterocycles. The first-order valence-electron chi connectivity index (χ1n) is 6.17. The van der Waals surface area contributed by atoms with Crippen molar-refractivity contribution in [2.45, 2.75) is 6.92 Å². The summed E-state index contributed by atoms with van der Waals surface area (Å²) in [5.74, 6) is -0.960. The molecule has 0 fully saturated rings. The number of hydrogen-bond acceptors (Lipinski definition) is 5. The van der Waals surface area contributed by atoms with E-state index in [1.54, 1.807) is 30.3 Å². The molecule has 0 bridgehead atoms. The van der Waals surface area contributed by atoms with Gasteiger partial charge in [0.25, 0.3) is 0 Å². The molecule has 2 aromatic rings. The van der Waals surface area contributed by atoms with Crippen LogP contribution in [0.4, 0.5) is 11.4 Å². The molecule has 120 valence electrons. The molecule has 0 saturated carbocycles. The summed E-state index contributed by atoms with van der Waals surface area (Å²) >= 11 is 3.42. The number of benzene rings is 2. The zero-order chi connectivity index (χ0) is 17.2. The number of halogens is 1. The van der Waals surface area contributed by atoms with Crippen molar-refractivity contribution in [2.24, 2.45) is 0 Å². The summed E-state index contributed by atoms with van der Waals surface area (Å²) in [6, 6.07) is 12.2. The molecule has 0 heterocycles. The predicted octanol–water partition coefficient (Wildman–Crippen LogP) is 3.02. The Balaban J connectivity index is 0.000000463. The molecule has 0 aliphatic carbocycles. The Labute approximate surface area is 151 Å². The number of aromatic carboxylic acids is 1. The molecule has 9 heteroatoms. The van der Waals surface area contributed by atoms with Crippen molar-refractivity contribution in [3.05, 3.63) is 58.6 Å². The normalized spacial score (nSPS) is 10.0. The van der Waals surface area contributed by atoms with E-state index in [0.29, 0.717) is 10.7 Å². The maximum absolute atomic E-state index is 11.1. The van der Waals surface area contributed by atoms with Gasteiger partial charge in [-0.05, 0) is 36.8 Å². The number of carboxylic acids is 1. The molecule has 0 saturated heterocycles. The SMILES string of the molecule is Cc1c(Cl)cccc1Nc1ccccc1C(=O)O.O=[As]O[As]=O. The summed E-state index contributed by atoms with van der Waals surface area (Å²) in [4.78, 5) is 11.1. The Bertz CT molecular complexity index is 705. The second-order valence-electron chi connectivity index (χ2n) is 4.12. The third-order valence-electron chi connectivity index (χ3n) is 2.76. The fourth-order valence-corrected chi connectivity index (χ4v) is 2.21. The molecule has 0 unspecified atom stereocenters. The Morgan fingerprint density at radius 1 is 1.09 bits per heavy atom. The van der Waals surface area contributed by atoms with Gasteiger partial charge >= 0.3 is 48.2 Å². The van der Waals surface area contributed by atoms with Crippen LogP contribution in [0.3, 0.4) is 0 Å². The van der Waals surface area contributed by atoms with E-state index in [-0.39, 0.29) is 5.56 Å². The molecule has 0 radical (unpaired) electrons. The molecule has 2 rings (SSSR count). The van der Waals surface area contributed by atoms with Crippen LogP contribution in [0, 0.1) is 6.92 Å². The zero-order valence-corrected chi connectivity index (χ0v) is 16.4. The summed E-state index contributed by atoms with van der Waals surface area (Å²) in [7, 11) is 0. The second kappa shape index (κ2) is 10.5. The van der Waals surface area contributed by atoms with E-state index in [4.69, 9.17) is 16.7 Å². The van der Waals surface area contributed by atoms with Crippen LogP contribution in [0.15, 0.2) is 42.5 Å². The molecule has 6 nitrogen and oxygen atoms in total. The van der Waals surface area contributed by atoms with Crippen LogP contribution in [0.1, 0.15) is 15.9 Å². The number of carbonyl (C=O) groups is 1. The third-order valence-corrected chi connectivity index (χ3v) is 4.90. The molecule has 0 spiro atoms. The van der Waals surface area contributed by atoms with Gasteiger partial charge in [-0.3, -0.25) is 0 Å². The first kappa shape index (κ1) is 19.7. The van der Waals surface area contributed by atoms with E-state index in [1.807, 2.05) is 19.1 Å². The maximum atomic E-state index is 11.1. The molecule has 0 atom stereocenters. The van der Waals surface area contributed by atoms with Crippen LogP contribution in [-0.4, -0.2) is 43.1 Å². The summed E-state index contributed by atoms with van der Waals surface area (Å²) in [5, 5.41) is 12.8. The Kier molecular flexibility index (Phi) is 8.96. The number of rotatable bonds is 5. The van der Waals surface area contributed by atoms with Gasteiger partial charge in [-0.2, -0.15) is 0 Å². The Morgan fingerprint density at radius 2 is 1.70 bits per heavy atom. The topological polar surface area (TPSA) is 92.7 Å². The minimum atomic E-state index is -1.30. The molecule has 0 amide bonds.